The zero-order chi connectivity index (χ0) is 21.8. The number of piperidine rings is 1. The molecule has 2 atom stereocenters. The van der Waals surface area contributed by atoms with Gasteiger partial charge in [0.1, 0.15) is 0 Å². The van der Waals surface area contributed by atoms with Gasteiger partial charge in [-0.3, -0.25) is 14.5 Å². The molecule has 170 valence electrons. The van der Waals surface area contributed by atoms with Gasteiger partial charge in [0, 0.05) is 44.3 Å². The molecule has 1 aliphatic carbocycles. The molecule has 1 saturated carbocycles. The van der Waals surface area contributed by atoms with Crippen molar-refractivity contribution in [2.45, 2.75) is 77.3 Å². The summed E-state index contributed by atoms with van der Waals surface area (Å²) in [4.78, 5) is 33.2. The molecule has 3 aliphatic rings. The van der Waals surface area contributed by atoms with Crippen molar-refractivity contribution >= 4 is 11.8 Å². The lowest BCUT2D eigenvalue weighted by Gasteiger charge is -2.44. The smallest absolute Gasteiger partial charge is 0.253 e. The second kappa shape index (κ2) is 10.2. The van der Waals surface area contributed by atoms with Crippen LogP contribution in [0.2, 0.25) is 0 Å². The molecule has 0 aromatic heterocycles. The van der Waals surface area contributed by atoms with Crippen molar-refractivity contribution in [3.8, 4) is 0 Å². The summed E-state index contributed by atoms with van der Waals surface area (Å²) in [6.45, 7) is 8.27. The van der Waals surface area contributed by atoms with Gasteiger partial charge in [0.2, 0.25) is 5.91 Å². The van der Waals surface area contributed by atoms with E-state index in [0.717, 1.165) is 44.5 Å². The molecule has 3 fully saturated rings. The first-order valence-electron chi connectivity index (χ1n) is 12.5. The number of benzene rings is 1. The molecular weight excluding hydrogens is 386 g/mol. The van der Waals surface area contributed by atoms with Gasteiger partial charge < -0.3 is 9.80 Å². The van der Waals surface area contributed by atoms with E-state index in [1.54, 1.807) is 0 Å². The van der Waals surface area contributed by atoms with Crippen LogP contribution in [0.1, 0.15) is 74.7 Å². The second-order valence-electron chi connectivity index (χ2n) is 9.74. The lowest BCUT2D eigenvalue weighted by molar-refractivity contribution is -0.143. The molecule has 0 spiro atoms. The summed E-state index contributed by atoms with van der Waals surface area (Å²) >= 11 is 0. The Hall–Kier alpha value is -1.88. The third-order valence-electron chi connectivity index (χ3n) is 7.79. The number of hydrogen-bond acceptors (Lipinski definition) is 3. The fourth-order valence-corrected chi connectivity index (χ4v) is 5.79. The zero-order valence-corrected chi connectivity index (χ0v) is 19.4. The molecule has 5 heteroatoms. The van der Waals surface area contributed by atoms with Crippen LogP contribution in [0.25, 0.3) is 0 Å². The summed E-state index contributed by atoms with van der Waals surface area (Å²) in [7, 11) is 0. The fourth-order valence-electron chi connectivity index (χ4n) is 5.79. The summed E-state index contributed by atoms with van der Waals surface area (Å²) in [5.74, 6) is 0.954. The van der Waals surface area contributed by atoms with Crippen LogP contribution in [0.4, 0.5) is 0 Å². The van der Waals surface area contributed by atoms with Crippen molar-refractivity contribution in [3.05, 3.63) is 35.4 Å². The van der Waals surface area contributed by atoms with Crippen LogP contribution >= 0.6 is 0 Å². The molecule has 1 aromatic rings. The van der Waals surface area contributed by atoms with E-state index in [2.05, 4.69) is 35.8 Å². The lowest BCUT2D eigenvalue weighted by Crippen LogP contribution is -2.60. The minimum Gasteiger partial charge on any atom is -0.339 e. The largest absolute Gasteiger partial charge is 0.339 e. The molecule has 2 amide bonds. The highest BCUT2D eigenvalue weighted by Crippen LogP contribution is 2.33. The summed E-state index contributed by atoms with van der Waals surface area (Å²) in [5, 5.41) is 0. The molecule has 2 aliphatic heterocycles. The molecule has 2 unspecified atom stereocenters. The third-order valence-corrected chi connectivity index (χ3v) is 7.79. The Morgan fingerprint density at radius 1 is 0.903 bits per heavy atom. The number of amides is 2. The highest BCUT2D eigenvalue weighted by molar-refractivity contribution is 5.94. The first-order valence-corrected chi connectivity index (χ1v) is 12.5. The molecule has 0 radical (unpaired) electrons. The van der Waals surface area contributed by atoms with Crippen LogP contribution in [0.15, 0.2) is 24.3 Å². The maximum atomic E-state index is 13.7. The van der Waals surface area contributed by atoms with Gasteiger partial charge in [0.05, 0.1) is 6.04 Å². The highest BCUT2D eigenvalue weighted by atomic mass is 16.2. The van der Waals surface area contributed by atoms with Gasteiger partial charge in [0.15, 0.2) is 0 Å². The van der Waals surface area contributed by atoms with Crippen LogP contribution < -0.4 is 0 Å². The van der Waals surface area contributed by atoms with Crippen LogP contribution in [-0.4, -0.2) is 71.3 Å². The highest BCUT2D eigenvalue weighted by Gasteiger charge is 2.40. The summed E-state index contributed by atoms with van der Waals surface area (Å²) in [6, 6.07) is 8.38. The van der Waals surface area contributed by atoms with Gasteiger partial charge in [-0.2, -0.15) is 0 Å². The number of aryl methyl sites for hydroxylation is 1. The Morgan fingerprint density at radius 3 is 2.16 bits per heavy atom. The standard InChI is InChI=1S/C26H39N3O2/c1-3-21-11-13-23(14-12-21)25(30)28-18-16-27(17-19-28)24(22-9-4-5-10-22)26(31)29-15-7-6-8-20(29)2/h11-14,20,22,24H,3-10,15-19H2,1-2H3. The minimum absolute atomic E-state index is 0.00383. The number of likely N-dealkylation sites (tertiary alicyclic amines) is 1. The topological polar surface area (TPSA) is 43.9 Å². The molecule has 0 bridgehead atoms. The van der Waals surface area contributed by atoms with Crippen molar-refractivity contribution in [1.29, 1.82) is 0 Å². The van der Waals surface area contributed by atoms with E-state index < -0.39 is 0 Å². The van der Waals surface area contributed by atoms with Gasteiger partial charge in [0.25, 0.3) is 5.91 Å². The van der Waals surface area contributed by atoms with Crippen LogP contribution in [0.5, 0.6) is 0 Å². The van der Waals surface area contributed by atoms with Crippen molar-refractivity contribution in [1.82, 2.24) is 14.7 Å². The molecule has 31 heavy (non-hydrogen) atoms. The predicted molar refractivity (Wildman–Crippen MR) is 124 cm³/mol. The summed E-state index contributed by atoms with van der Waals surface area (Å²) < 4.78 is 0. The Kier molecular flexibility index (Phi) is 7.31. The van der Waals surface area contributed by atoms with Crippen molar-refractivity contribution in [2.75, 3.05) is 32.7 Å². The van der Waals surface area contributed by atoms with Crippen molar-refractivity contribution in [2.24, 2.45) is 5.92 Å². The Balaban J connectivity index is 1.42. The predicted octanol–water partition coefficient (Wildman–Crippen LogP) is 3.97. The molecule has 2 heterocycles. The quantitative estimate of drug-likeness (QED) is 0.717. The van der Waals surface area contributed by atoms with E-state index in [-0.39, 0.29) is 11.9 Å². The maximum Gasteiger partial charge on any atom is 0.253 e. The molecule has 5 nitrogen and oxygen atoms in total. The van der Waals surface area contributed by atoms with Gasteiger partial charge in [-0.25, -0.2) is 0 Å². The van der Waals surface area contributed by atoms with Crippen LogP contribution in [-0.2, 0) is 11.2 Å². The summed E-state index contributed by atoms with van der Waals surface area (Å²) in [6.07, 6.45) is 9.31. The molecule has 1 aromatic carbocycles. The first-order chi connectivity index (χ1) is 15.1. The van der Waals surface area contributed by atoms with Gasteiger partial charge in [-0.1, -0.05) is 31.9 Å². The number of carbonyl (C=O) groups is 2. The normalized spacial score (nSPS) is 24.4. The van der Waals surface area contributed by atoms with Gasteiger partial charge in [-0.15, -0.1) is 0 Å². The van der Waals surface area contributed by atoms with E-state index in [4.69, 9.17) is 0 Å². The van der Waals surface area contributed by atoms with Crippen molar-refractivity contribution < 1.29 is 9.59 Å². The van der Waals surface area contributed by atoms with Crippen LogP contribution in [0.3, 0.4) is 0 Å². The average Bonchev–Trinajstić information content (AvgIpc) is 3.34. The monoisotopic (exact) mass is 425 g/mol. The SMILES string of the molecule is CCc1ccc(C(=O)N2CCN(C(C(=O)N3CCCCC3C)C3CCCC3)CC2)cc1. The van der Waals surface area contributed by atoms with E-state index in [1.165, 1.54) is 37.7 Å². The number of rotatable bonds is 5. The Labute approximate surface area is 187 Å². The molecular formula is C26H39N3O2. The number of hydrogen-bond donors (Lipinski definition) is 0. The molecule has 4 rings (SSSR count). The molecule has 0 N–H and O–H groups in total. The van der Waals surface area contributed by atoms with E-state index >= 15 is 0 Å². The maximum absolute atomic E-state index is 13.7. The second-order valence-corrected chi connectivity index (χ2v) is 9.74. The minimum atomic E-state index is 0.00383. The Morgan fingerprint density at radius 2 is 1.55 bits per heavy atom. The van der Waals surface area contributed by atoms with Crippen molar-refractivity contribution in [3.63, 3.8) is 0 Å². The van der Waals surface area contributed by atoms with E-state index in [0.29, 0.717) is 31.0 Å². The van der Waals surface area contributed by atoms with E-state index in [9.17, 15) is 9.59 Å². The first kappa shape index (κ1) is 22.3. The third kappa shape index (κ3) is 4.97. The van der Waals surface area contributed by atoms with E-state index in [1.807, 2.05) is 17.0 Å². The van der Waals surface area contributed by atoms with Gasteiger partial charge in [-0.05, 0) is 69.1 Å². The number of nitrogens with zero attached hydrogens (tertiary/aromatic N) is 3. The van der Waals surface area contributed by atoms with Gasteiger partial charge >= 0.3 is 0 Å². The average molecular weight is 426 g/mol. The Bertz CT molecular complexity index is 748. The zero-order valence-electron chi connectivity index (χ0n) is 19.4. The molecule has 2 saturated heterocycles. The fraction of sp³-hybridized carbons (Fsp3) is 0.692. The summed E-state index contributed by atoms with van der Waals surface area (Å²) in [5.41, 5.74) is 2.03. The lowest BCUT2D eigenvalue weighted by atomic mass is 9.92. The number of piperazine rings is 1. The number of carbonyl (C=O) groups excluding carboxylic acids is 2. The van der Waals surface area contributed by atoms with Crippen LogP contribution in [0, 0.1) is 5.92 Å².